The number of aromatic nitrogens is 1. The molecule has 0 saturated carbocycles. The van der Waals surface area contributed by atoms with Crippen LogP contribution >= 0.6 is 11.3 Å². The van der Waals surface area contributed by atoms with Crippen molar-refractivity contribution in [1.29, 1.82) is 0 Å². The van der Waals surface area contributed by atoms with Gasteiger partial charge < -0.3 is 4.42 Å². The molecule has 156 valence electrons. The van der Waals surface area contributed by atoms with Gasteiger partial charge in [0.2, 0.25) is 0 Å². The molecule has 3 heteroatoms. The fourth-order valence-electron chi connectivity index (χ4n) is 4.51. The number of furan rings is 1. The van der Waals surface area contributed by atoms with E-state index in [1.54, 1.807) is 17.6 Å². The Labute approximate surface area is 191 Å². The summed E-state index contributed by atoms with van der Waals surface area (Å²) in [5.41, 5.74) is 5.70. The number of benzene rings is 3. The van der Waals surface area contributed by atoms with E-state index in [4.69, 9.17) is 9.40 Å². The van der Waals surface area contributed by atoms with Crippen LogP contribution in [0.5, 0.6) is 0 Å². The fraction of sp³-hybridized carbons (Fsp3) is 0.138. The fourth-order valence-corrected chi connectivity index (χ4v) is 5.56. The lowest BCUT2D eigenvalue weighted by molar-refractivity contribution is 0.596. The highest BCUT2D eigenvalue weighted by Gasteiger charge is 2.20. The van der Waals surface area contributed by atoms with Crippen LogP contribution in [-0.2, 0) is 5.41 Å². The molecule has 0 atom stereocenters. The molecule has 0 bridgehead atoms. The zero-order valence-electron chi connectivity index (χ0n) is 18.3. The second kappa shape index (κ2) is 7.04. The molecular weight excluding hydrogens is 410 g/mol. The molecule has 2 nitrogen and oxygen atoms in total. The highest BCUT2D eigenvalue weighted by atomic mass is 32.1. The van der Waals surface area contributed by atoms with Crippen molar-refractivity contribution >= 4 is 43.2 Å². The van der Waals surface area contributed by atoms with E-state index < -0.39 is 0 Å². The number of fused-ring (bicyclic) bond motifs is 3. The highest BCUT2D eigenvalue weighted by molar-refractivity contribution is 7.22. The molecule has 0 amide bonds. The lowest BCUT2D eigenvalue weighted by Crippen LogP contribution is -2.12. The number of hydrogen-bond donors (Lipinski definition) is 0. The monoisotopic (exact) mass is 433 g/mol. The van der Waals surface area contributed by atoms with Gasteiger partial charge in [-0.25, -0.2) is 0 Å². The zero-order chi connectivity index (χ0) is 21.9. The summed E-state index contributed by atoms with van der Waals surface area (Å²) in [6, 6.07) is 26.1. The van der Waals surface area contributed by atoms with Gasteiger partial charge in [0.25, 0.3) is 0 Å². The van der Waals surface area contributed by atoms with E-state index in [1.165, 1.54) is 42.4 Å². The summed E-state index contributed by atoms with van der Waals surface area (Å²) in [7, 11) is 0. The average molecular weight is 434 g/mol. The maximum atomic E-state index is 5.63. The smallest absolute Gasteiger partial charge is 0.134 e. The van der Waals surface area contributed by atoms with Gasteiger partial charge in [-0.05, 0) is 63.7 Å². The molecule has 0 fully saturated rings. The SMILES string of the molecule is CC(C)(C)c1cc(-c2nccc3sc(-c4ccc5ccoc5c4)cc23)cc2ccccc12. The van der Waals surface area contributed by atoms with Crippen LogP contribution < -0.4 is 0 Å². The molecule has 3 aromatic carbocycles. The van der Waals surface area contributed by atoms with Gasteiger partial charge in [-0.1, -0.05) is 57.2 Å². The van der Waals surface area contributed by atoms with Crippen molar-refractivity contribution in [2.75, 3.05) is 0 Å². The van der Waals surface area contributed by atoms with E-state index in [0.29, 0.717) is 0 Å². The maximum absolute atomic E-state index is 5.63. The Morgan fingerprint density at radius 3 is 2.53 bits per heavy atom. The van der Waals surface area contributed by atoms with E-state index >= 15 is 0 Å². The molecule has 3 heterocycles. The van der Waals surface area contributed by atoms with Gasteiger partial charge in [-0.15, -0.1) is 11.3 Å². The second-order valence-electron chi connectivity index (χ2n) is 9.35. The Bertz CT molecular complexity index is 1610. The summed E-state index contributed by atoms with van der Waals surface area (Å²) in [5.74, 6) is 0. The van der Waals surface area contributed by atoms with E-state index in [-0.39, 0.29) is 5.41 Å². The van der Waals surface area contributed by atoms with Crippen LogP contribution in [0.2, 0.25) is 0 Å². The first-order valence-corrected chi connectivity index (χ1v) is 11.7. The van der Waals surface area contributed by atoms with E-state index in [2.05, 4.69) is 87.5 Å². The van der Waals surface area contributed by atoms with Crippen molar-refractivity contribution in [2.45, 2.75) is 26.2 Å². The third kappa shape index (κ3) is 3.12. The topological polar surface area (TPSA) is 26.0 Å². The summed E-state index contributed by atoms with van der Waals surface area (Å²) < 4.78 is 6.87. The van der Waals surface area contributed by atoms with Crippen LogP contribution in [0.25, 0.3) is 53.5 Å². The van der Waals surface area contributed by atoms with Crippen molar-refractivity contribution < 1.29 is 4.42 Å². The predicted octanol–water partition coefficient (Wildman–Crippen LogP) is 8.83. The maximum Gasteiger partial charge on any atom is 0.134 e. The van der Waals surface area contributed by atoms with Crippen LogP contribution in [-0.4, -0.2) is 4.98 Å². The summed E-state index contributed by atoms with van der Waals surface area (Å²) in [6.07, 6.45) is 3.67. The van der Waals surface area contributed by atoms with Crippen molar-refractivity contribution in [3.8, 4) is 21.7 Å². The summed E-state index contributed by atoms with van der Waals surface area (Å²) in [5, 5.41) is 4.89. The normalized spacial score (nSPS) is 12.2. The van der Waals surface area contributed by atoms with Gasteiger partial charge in [-0.3, -0.25) is 4.98 Å². The molecule has 0 unspecified atom stereocenters. The average Bonchev–Trinajstić information content (AvgIpc) is 3.43. The molecule has 0 N–H and O–H groups in total. The summed E-state index contributed by atoms with van der Waals surface area (Å²) in [4.78, 5) is 6.07. The molecule has 0 aliphatic heterocycles. The standard InChI is InChI=1S/C29H23NOS/c1-29(2,3)24-15-21(14-19-6-4-5-7-22(19)24)28-23-17-27(32-26(23)10-12-30-28)20-9-8-18-11-13-31-25(18)16-20/h4-17H,1-3H3. The Balaban J connectivity index is 1.56. The Hall–Kier alpha value is -3.43. The summed E-state index contributed by atoms with van der Waals surface area (Å²) in [6.45, 7) is 6.83. The second-order valence-corrected chi connectivity index (χ2v) is 10.4. The van der Waals surface area contributed by atoms with E-state index in [0.717, 1.165) is 16.7 Å². The molecule has 6 rings (SSSR count). The number of hydrogen-bond acceptors (Lipinski definition) is 3. The Morgan fingerprint density at radius 2 is 1.66 bits per heavy atom. The molecule has 32 heavy (non-hydrogen) atoms. The highest BCUT2D eigenvalue weighted by Crippen LogP contribution is 2.40. The number of thiophene rings is 1. The third-order valence-corrected chi connectivity index (χ3v) is 7.28. The molecule has 3 aromatic heterocycles. The van der Waals surface area contributed by atoms with Crippen LogP contribution in [0.1, 0.15) is 26.3 Å². The van der Waals surface area contributed by atoms with Gasteiger partial charge >= 0.3 is 0 Å². The Morgan fingerprint density at radius 1 is 0.781 bits per heavy atom. The van der Waals surface area contributed by atoms with Crippen LogP contribution in [0.3, 0.4) is 0 Å². The first kappa shape index (κ1) is 19.3. The van der Waals surface area contributed by atoms with E-state index in [9.17, 15) is 0 Å². The molecule has 0 aliphatic rings. The lowest BCUT2D eigenvalue weighted by atomic mass is 9.82. The van der Waals surface area contributed by atoms with Crippen molar-refractivity contribution in [2.24, 2.45) is 0 Å². The molecule has 0 aliphatic carbocycles. The van der Waals surface area contributed by atoms with Crippen molar-refractivity contribution in [1.82, 2.24) is 4.98 Å². The minimum absolute atomic E-state index is 0.0434. The molecule has 0 saturated heterocycles. The van der Waals surface area contributed by atoms with Crippen LogP contribution in [0, 0.1) is 0 Å². The molecule has 0 radical (unpaired) electrons. The van der Waals surface area contributed by atoms with Gasteiger partial charge in [-0.2, -0.15) is 0 Å². The summed E-state index contributed by atoms with van der Waals surface area (Å²) >= 11 is 1.80. The van der Waals surface area contributed by atoms with Crippen LogP contribution in [0.4, 0.5) is 0 Å². The minimum Gasteiger partial charge on any atom is -0.464 e. The van der Waals surface area contributed by atoms with Gasteiger partial charge in [0.15, 0.2) is 0 Å². The quantitative estimate of drug-likeness (QED) is 0.273. The number of pyridine rings is 1. The first-order chi connectivity index (χ1) is 15.5. The van der Waals surface area contributed by atoms with Crippen molar-refractivity contribution in [3.63, 3.8) is 0 Å². The van der Waals surface area contributed by atoms with Crippen molar-refractivity contribution in [3.05, 3.63) is 90.8 Å². The zero-order valence-corrected chi connectivity index (χ0v) is 19.2. The van der Waals surface area contributed by atoms with Gasteiger partial charge in [0.05, 0.1) is 12.0 Å². The molecular formula is C29H23NOS. The first-order valence-electron chi connectivity index (χ1n) is 10.9. The third-order valence-electron chi connectivity index (χ3n) is 6.13. The minimum atomic E-state index is 0.0434. The van der Waals surface area contributed by atoms with Gasteiger partial charge in [0.1, 0.15) is 5.58 Å². The van der Waals surface area contributed by atoms with Crippen LogP contribution in [0.15, 0.2) is 89.7 Å². The Kier molecular flexibility index (Phi) is 4.24. The number of nitrogens with zero attached hydrogens (tertiary/aromatic N) is 1. The largest absolute Gasteiger partial charge is 0.464 e. The molecule has 6 aromatic rings. The van der Waals surface area contributed by atoms with E-state index in [1.807, 2.05) is 12.3 Å². The van der Waals surface area contributed by atoms with Gasteiger partial charge in [0, 0.05) is 32.1 Å². The molecule has 0 spiro atoms. The predicted molar refractivity (Wildman–Crippen MR) is 136 cm³/mol. The lowest BCUT2D eigenvalue weighted by Gasteiger charge is -2.22. The number of rotatable bonds is 2.